The van der Waals surface area contributed by atoms with Gasteiger partial charge in [-0.1, -0.05) is 12.1 Å². The number of rotatable bonds is 7. The first-order valence-electron chi connectivity index (χ1n) is 7.78. The molecule has 1 saturated heterocycles. The van der Waals surface area contributed by atoms with Gasteiger partial charge in [0.05, 0.1) is 7.11 Å². The zero-order valence-corrected chi connectivity index (χ0v) is 12.8. The maximum atomic E-state index is 12.4. The van der Waals surface area contributed by atoms with Gasteiger partial charge in [-0.25, -0.2) is 0 Å². The van der Waals surface area contributed by atoms with Crippen molar-refractivity contribution in [1.82, 2.24) is 4.90 Å². The summed E-state index contributed by atoms with van der Waals surface area (Å²) >= 11 is 0. The van der Waals surface area contributed by atoms with Gasteiger partial charge in [-0.3, -0.25) is 4.79 Å². The highest BCUT2D eigenvalue weighted by Crippen LogP contribution is 2.23. The average Bonchev–Trinajstić information content (AvgIpc) is 2.99. The van der Waals surface area contributed by atoms with Gasteiger partial charge in [0.15, 0.2) is 0 Å². The van der Waals surface area contributed by atoms with E-state index in [1.165, 1.54) is 0 Å². The van der Waals surface area contributed by atoms with Crippen LogP contribution in [0.3, 0.4) is 0 Å². The van der Waals surface area contributed by atoms with Crippen LogP contribution in [-0.4, -0.2) is 42.2 Å². The minimum atomic E-state index is 0.211. The molecule has 2 rings (SSSR count). The Morgan fingerprint density at radius 1 is 1.48 bits per heavy atom. The van der Waals surface area contributed by atoms with Gasteiger partial charge in [-0.2, -0.15) is 0 Å². The van der Waals surface area contributed by atoms with E-state index in [4.69, 9.17) is 9.84 Å². The number of amides is 1. The Morgan fingerprint density at radius 2 is 2.33 bits per heavy atom. The number of carbonyl (C=O) groups is 1. The number of aliphatic hydroxyl groups is 1. The third kappa shape index (κ3) is 4.46. The second-order valence-electron chi connectivity index (χ2n) is 5.60. The summed E-state index contributed by atoms with van der Waals surface area (Å²) in [5.41, 5.74) is 1.13. The average molecular weight is 291 g/mol. The zero-order chi connectivity index (χ0) is 15.1. The molecule has 1 amide bonds. The van der Waals surface area contributed by atoms with E-state index in [-0.39, 0.29) is 12.5 Å². The molecule has 0 spiro atoms. The molecule has 116 valence electrons. The number of nitrogens with zero attached hydrogens (tertiary/aromatic N) is 1. The Balaban J connectivity index is 1.85. The molecule has 0 bridgehead atoms. The predicted octanol–water partition coefficient (Wildman–Crippen LogP) is 2.39. The molecule has 0 aromatic heterocycles. The van der Waals surface area contributed by atoms with E-state index in [2.05, 4.69) is 0 Å². The second-order valence-corrected chi connectivity index (χ2v) is 5.60. The lowest BCUT2D eigenvalue weighted by Crippen LogP contribution is -2.35. The van der Waals surface area contributed by atoms with Crippen LogP contribution in [0.15, 0.2) is 24.3 Å². The van der Waals surface area contributed by atoms with E-state index in [1.54, 1.807) is 7.11 Å². The first-order valence-corrected chi connectivity index (χ1v) is 7.78. The number of carbonyl (C=O) groups excluding carboxylic acids is 1. The summed E-state index contributed by atoms with van der Waals surface area (Å²) in [4.78, 5) is 14.4. The van der Waals surface area contributed by atoms with Crippen molar-refractivity contribution in [1.29, 1.82) is 0 Å². The van der Waals surface area contributed by atoms with Crippen molar-refractivity contribution in [3.05, 3.63) is 29.8 Å². The van der Waals surface area contributed by atoms with Crippen LogP contribution >= 0.6 is 0 Å². The Hall–Kier alpha value is -1.55. The molecule has 1 aromatic rings. The van der Waals surface area contributed by atoms with Crippen LogP contribution in [0.4, 0.5) is 0 Å². The highest BCUT2D eigenvalue weighted by atomic mass is 16.5. The van der Waals surface area contributed by atoms with Crippen molar-refractivity contribution in [3.63, 3.8) is 0 Å². The topological polar surface area (TPSA) is 49.8 Å². The molecule has 0 saturated carbocycles. The lowest BCUT2D eigenvalue weighted by Gasteiger charge is -2.24. The fourth-order valence-electron chi connectivity index (χ4n) is 3.01. The van der Waals surface area contributed by atoms with Crippen molar-refractivity contribution in [2.45, 2.75) is 44.6 Å². The molecular weight excluding hydrogens is 266 g/mol. The van der Waals surface area contributed by atoms with E-state index in [0.29, 0.717) is 12.5 Å². The molecule has 1 atom stereocenters. The summed E-state index contributed by atoms with van der Waals surface area (Å²) < 4.78 is 5.20. The quantitative estimate of drug-likeness (QED) is 0.839. The van der Waals surface area contributed by atoms with Gasteiger partial charge in [-0.15, -0.1) is 0 Å². The van der Waals surface area contributed by atoms with E-state index in [1.807, 2.05) is 29.2 Å². The Kier molecular flexibility index (Phi) is 6.05. The number of benzene rings is 1. The fraction of sp³-hybridized carbons (Fsp3) is 0.588. The van der Waals surface area contributed by atoms with Crippen molar-refractivity contribution in [2.24, 2.45) is 0 Å². The Labute approximate surface area is 126 Å². The molecule has 4 heteroatoms. The normalized spacial score (nSPS) is 18.0. The Morgan fingerprint density at radius 3 is 3.10 bits per heavy atom. The maximum Gasteiger partial charge on any atom is 0.223 e. The van der Waals surface area contributed by atoms with Crippen molar-refractivity contribution in [3.8, 4) is 5.75 Å². The van der Waals surface area contributed by atoms with Crippen LogP contribution < -0.4 is 4.74 Å². The van der Waals surface area contributed by atoms with E-state index in [0.717, 1.165) is 50.0 Å². The molecule has 1 aliphatic rings. The molecule has 0 radical (unpaired) electrons. The third-order valence-electron chi connectivity index (χ3n) is 4.15. The lowest BCUT2D eigenvalue weighted by molar-refractivity contribution is -0.132. The highest BCUT2D eigenvalue weighted by molar-refractivity contribution is 5.77. The van der Waals surface area contributed by atoms with Gasteiger partial charge in [0.2, 0.25) is 5.91 Å². The van der Waals surface area contributed by atoms with Crippen molar-refractivity contribution >= 4 is 5.91 Å². The van der Waals surface area contributed by atoms with Gasteiger partial charge in [0, 0.05) is 25.6 Å². The summed E-state index contributed by atoms with van der Waals surface area (Å²) in [6.07, 6.45) is 5.15. The van der Waals surface area contributed by atoms with Crippen molar-refractivity contribution < 1.29 is 14.6 Å². The molecule has 1 aliphatic heterocycles. The van der Waals surface area contributed by atoms with E-state index < -0.39 is 0 Å². The summed E-state index contributed by atoms with van der Waals surface area (Å²) in [5.74, 6) is 1.07. The largest absolute Gasteiger partial charge is 0.497 e. The molecule has 1 unspecified atom stereocenters. The number of likely N-dealkylation sites (tertiary alicyclic amines) is 1. The second kappa shape index (κ2) is 8.03. The first kappa shape index (κ1) is 15.8. The van der Waals surface area contributed by atoms with E-state index in [9.17, 15) is 4.79 Å². The molecule has 21 heavy (non-hydrogen) atoms. The minimum absolute atomic E-state index is 0.211. The van der Waals surface area contributed by atoms with Gasteiger partial charge >= 0.3 is 0 Å². The fourth-order valence-corrected chi connectivity index (χ4v) is 3.01. The summed E-state index contributed by atoms with van der Waals surface area (Å²) in [7, 11) is 1.65. The van der Waals surface area contributed by atoms with Crippen LogP contribution in [0.25, 0.3) is 0 Å². The number of methoxy groups -OCH3 is 1. The number of aryl methyl sites for hydroxylation is 1. The smallest absolute Gasteiger partial charge is 0.223 e. The monoisotopic (exact) mass is 291 g/mol. The number of hydrogen-bond acceptors (Lipinski definition) is 3. The summed E-state index contributed by atoms with van der Waals surface area (Å²) in [5, 5.41) is 8.94. The van der Waals surface area contributed by atoms with Crippen LogP contribution in [0.5, 0.6) is 5.75 Å². The lowest BCUT2D eigenvalue weighted by atomic mass is 10.1. The third-order valence-corrected chi connectivity index (χ3v) is 4.15. The molecule has 0 aliphatic carbocycles. The zero-order valence-electron chi connectivity index (χ0n) is 12.8. The van der Waals surface area contributed by atoms with E-state index >= 15 is 0 Å². The molecule has 1 aromatic carbocycles. The number of aliphatic hydroxyl groups excluding tert-OH is 1. The van der Waals surface area contributed by atoms with Crippen LogP contribution in [0, 0.1) is 0 Å². The van der Waals surface area contributed by atoms with Crippen molar-refractivity contribution in [2.75, 3.05) is 20.3 Å². The molecule has 1 N–H and O–H groups in total. The van der Waals surface area contributed by atoms with Gasteiger partial charge in [0.25, 0.3) is 0 Å². The predicted molar refractivity (Wildman–Crippen MR) is 82.4 cm³/mol. The Bertz CT molecular complexity index is 461. The first-order chi connectivity index (χ1) is 10.2. The molecule has 1 heterocycles. The van der Waals surface area contributed by atoms with Crippen LogP contribution in [-0.2, 0) is 11.2 Å². The van der Waals surface area contributed by atoms with Gasteiger partial charge in [0.1, 0.15) is 5.75 Å². The SMILES string of the molecule is COc1cccc(CCC(=O)N2CCCC2CCCO)c1. The maximum absolute atomic E-state index is 12.4. The molecule has 4 nitrogen and oxygen atoms in total. The number of ether oxygens (including phenoxy) is 1. The summed E-state index contributed by atoms with van der Waals surface area (Å²) in [6.45, 7) is 1.08. The molecule has 1 fully saturated rings. The van der Waals surface area contributed by atoms with Crippen LogP contribution in [0.2, 0.25) is 0 Å². The van der Waals surface area contributed by atoms with Gasteiger partial charge < -0.3 is 14.7 Å². The van der Waals surface area contributed by atoms with Crippen LogP contribution in [0.1, 0.15) is 37.7 Å². The highest BCUT2D eigenvalue weighted by Gasteiger charge is 2.27. The number of hydrogen-bond donors (Lipinski definition) is 1. The van der Waals surface area contributed by atoms with Gasteiger partial charge in [-0.05, 0) is 49.8 Å². The minimum Gasteiger partial charge on any atom is -0.497 e. The standard InChI is InChI=1S/C17H25NO3/c1-21-16-8-2-5-14(13-16)9-10-17(20)18-11-3-6-15(18)7-4-12-19/h2,5,8,13,15,19H,3-4,6-7,9-12H2,1H3. The summed E-state index contributed by atoms with van der Waals surface area (Å²) in [6, 6.07) is 8.22. The molecular formula is C17H25NO3.